The van der Waals surface area contributed by atoms with Gasteiger partial charge in [-0.15, -0.1) is 0 Å². The van der Waals surface area contributed by atoms with Crippen LogP contribution in [0.2, 0.25) is 0 Å². The van der Waals surface area contributed by atoms with Crippen LogP contribution in [0.5, 0.6) is 5.75 Å². The lowest BCUT2D eigenvalue weighted by molar-refractivity contribution is -0.0714. The van der Waals surface area contributed by atoms with Gasteiger partial charge in [-0.05, 0) is 48.6 Å². The molecule has 3 atom stereocenters. The molecule has 0 bridgehead atoms. The number of fused-ring (bicyclic) bond motifs is 1. The van der Waals surface area contributed by atoms with Gasteiger partial charge < -0.3 is 14.8 Å². The van der Waals surface area contributed by atoms with Crippen LogP contribution in [0.1, 0.15) is 49.8 Å². The minimum Gasteiger partial charge on any atom is -0.493 e. The Balaban J connectivity index is 1.45. The average molecular weight is 333 g/mol. The van der Waals surface area contributed by atoms with Crippen LogP contribution < -0.4 is 10.1 Å². The first-order valence-corrected chi connectivity index (χ1v) is 10.2. The standard InChI is InChI=1S/C19H27NO2S/c1-2-17(14-3-4-18-15(11-14)5-8-21-18)20-16-6-9-22-19(12-16)7-10-23-13-19/h3-4,11,16-17,20H,2,5-10,12-13H2,1H3. The quantitative estimate of drug-likeness (QED) is 0.910. The van der Waals surface area contributed by atoms with Gasteiger partial charge in [-0.2, -0.15) is 11.8 Å². The predicted molar refractivity (Wildman–Crippen MR) is 95.5 cm³/mol. The molecule has 1 aromatic rings. The summed E-state index contributed by atoms with van der Waals surface area (Å²) in [5, 5.41) is 3.93. The highest BCUT2D eigenvalue weighted by Crippen LogP contribution is 2.39. The molecule has 4 heteroatoms. The predicted octanol–water partition coefficient (Wildman–Crippen LogP) is 3.72. The topological polar surface area (TPSA) is 30.5 Å². The zero-order chi connectivity index (χ0) is 15.7. The normalized spacial score (nSPS) is 31.1. The second-order valence-electron chi connectivity index (χ2n) is 7.12. The smallest absolute Gasteiger partial charge is 0.122 e. The fourth-order valence-electron chi connectivity index (χ4n) is 4.19. The second kappa shape index (κ2) is 6.66. The number of thioether (sulfide) groups is 1. The maximum absolute atomic E-state index is 6.16. The fraction of sp³-hybridized carbons (Fsp3) is 0.684. The molecule has 3 aliphatic heterocycles. The largest absolute Gasteiger partial charge is 0.493 e. The summed E-state index contributed by atoms with van der Waals surface area (Å²) in [5.41, 5.74) is 2.95. The summed E-state index contributed by atoms with van der Waals surface area (Å²) >= 11 is 2.05. The van der Waals surface area contributed by atoms with Crippen molar-refractivity contribution in [3.63, 3.8) is 0 Å². The molecule has 3 nitrogen and oxygen atoms in total. The number of benzene rings is 1. The highest BCUT2D eigenvalue weighted by molar-refractivity contribution is 7.99. The molecule has 3 heterocycles. The van der Waals surface area contributed by atoms with Crippen molar-refractivity contribution in [2.45, 2.75) is 56.7 Å². The summed E-state index contributed by atoms with van der Waals surface area (Å²) in [6, 6.07) is 7.77. The molecule has 0 saturated carbocycles. The second-order valence-corrected chi connectivity index (χ2v) is 8.22. The van der Waals surface area contributed by atoms with E-state index in [0.717, 1.165) is 38.2 Å². The number of hydrogen-bond acceptors (Lipinski definition) is 4. The molecule has 3 unspecified atom stereocenters. The van der Waals surface area contributed by atoms with Crippen LogP contribution in [-0.2, 0) is 11.2 Å². The van der Waals surface area contributed by atoms with Crippen molar-refractivity contribution in [3.8, 4) is 5.75 Å². The molecule has 1 aromatic carbocycles. The molecule has 1 N–H and O–H groups in total. The molecule has 4 rings (SSSR count). The van der Waals surface area contributed by atoms with E-state index in [9.17, 15) is 0 Å². The van der Waals surface area contributed by atoms with Crippen LogP contribution in [-0.4, -0.2) is 36.4 Å². The molecule has 0 aromatic heterocycles. The Kier molecular flexibility index (Phi) is 4.57. The number of nitrogens with one attached hydrogen (secondary N) is 1. The van der Waals surface area contributed by atoms with Crippen molar-refractivity contribution in [1.82, 2.24) is 5.32 Å². The van der Waals surface area contributed by atoms with Crippen LogP contribution >= 0.6 is 11.8 Å². The van der Waals surface area contributed by atoms with Gasteiger partial charge in [0.1, 0.15) is 5.75 Å². The Labute approximate surface area is 143 Å². The van der Waals surface area contributed by atoms with Crippen molar-refractivity contribution in [2.24, 2.45) is 0 Å². The van der Waals surface area contributed by atoms with Crippen molar-refractivity contribution < 1.29 is 9.47 Å². The first-order valence-electron chi connectivity index (χ1n) is 9.01. The summed E-state index contributed by atoms with van der Waals surface area (Å²) in [6.07, 6.45) is 5.71. The van der Waals surface area contributed by atoms with Crippen LogP contribution in [0.4, 0.5) is 0 Å². The number of hydrogen-bond donors (Lipinski definition) is 1. The SMILES string of the molecule is CCC(NC1CCOC2(CCSC2)C1)c1ccc2c(c1)CCO2. The minimum atomic E-state index is 0.157. The van der Waals surface area contributed by atoms with Crippen LogP contribution in [0.25, 0.3) is 0 Å². The molecule has 2 fully saturated rings. The average Bonchev–Trinajstić information content (AvgIpc) is 3.21. The summed E-state index contributed by atoms with van der Waals surface area (Å²) in [5.74, 6) is 3.52. The van der Waals surface area contributed by atoms with Gasteiger partial charge in [0, 0.05) is 30.9 Å². The maximum atomic E-state index is 6.16. The molecule has 2 saturated heterocycles. The molecule has 0 aliphatic carbocycles. The Hall–Kier alpha value is -0.710. The van der Waals surface area contributed by atoms with Gasteiger partial charge in [-0.1, -0.05) is 19.1 Å². The lowest BCUT2D eigenvalue weighted by atomic mass is 9.88. The summed E-state index contributed by atoms with van der Waals surface area (Å²) in [4.78, 5) is 0. The van der Waals surface area contributed by atoms with Gasteiger partial charge in [-0.3, -0.25) is 0 Å². The van der Waals surface area contributed by atoms with E-state index in [1.54, 1.807) is 0 Å². The molecule has 126 valence electrons. The van der Waals surface area contributed by atoms with E-state index in [4.69, 9.17) is 9.47 Å². The van der Waals surface area contributed by atoms with E-state index in [1.807, 2.05) is 11.8 Å². The Morgan fingerprint density at radius 3 is 3.17 bits per heavy atom. The van der Waals surface area contributed by atoms with Gasteiger partial charge in [0.05, 0.1) is 12.2 Å². The molecule has 3 aliphatic rings. The third kappa shape index (κ3) is 3.26. The molecule has 0 amide bonds. The Morgan fingerprint density at radius 2 is 2.35 bits per heavy atom. The first-order chi connectivity index (χ1) is 11.3. The summed E-state index contributed by atoms with van der Waals surface area (Å²) in [6.45, 7) is 4.03. The third-order valence-corrected chi connectivity index (χ3v) is 6.74. The zero-order valence-corrected chi connectivity index (χ0v) is 14.8. The monoisotopic (exact) mass is 333 g/mol. The highest BCUT2D eigenvalue weighted by Gasteiger charge is 2.40. The molecule has 0 radical (unpaired) electrons. The Morgan fingerprint density at radius 1 is 1.39 bits per heavy atom. The molecule has 1 spiro atoms. The van der Waals surface area contributed by atoms with Crippen molar-refractivity contribution in [2.75, 3.05) is 24.7 Å². The number of ether oxygens (including phenoxy) is 2. The lowest BCUT2D eigenvalue weighted by Crippen LogP contribution is -2.48. The zero-order valence-electron chi connectivity index (χ0n) is 14.0. The van der Waals surface area contributed by atoms with Crippen molar-refractivity contribution >= 4 is 11.8 Å². The fourth-order valence-corrected chi connectivity index (χ4v) is 5.57. The third-order valence-electron chi connectivity index (χ3n) is 5.52. The van der Waals surface area contributed by atoms with E-state index in [0.29, 0.717) is 12.1 Å². The maximum Gasteiger partial charge on any atom is 0.122 e. The van der Waals surface area contributed by atoms with Crippen LogP contribution in [0, 0.1) is 0 Å². The number of rotatable bonds is 4. The van der Waals surface area contributed by atoms with E-state index in [1.165, 1.54) is 35.5 Å². The van der Waals surface area contributed by atoms with Crippen LogP contribution in [0.15, 0.2) is 18.2 Å². The Bertz CT molecular complexity index is 556. The van der Waals surface area contributed by atoms with Crippen molar-refractivity contribution in [1.29, 1.82) is 0 Å². The summed E-state index contributed by atoms with van der Waals surface area (Å²) in [7, 11) is 0. The van der Waals surface area contributed by atoms with Gasteiger partial charge in [0.25, 0.3) is 0 Å². The van der Waals surface area contributed by atoms with Gasteiger partial charge >= 0.3 is 0 Å². The van der Waals surface area contributed by atoms with E-state index < -0.39 is 0 Å². The van der Waals surface area contributed by atoms with E-state index in [2.05, 4.69) is 30.4 Å². The van der Waals surface area contributed by atoms with E-state index >= 15 is 0 Å². The molecular weight excluding hydrogens is 306 g/mol. The first kappa shape index (κ1) is 15.8. The highest BCUT2D eigenvalue weighted by atomic mass is 32.2. The van der Waals surface area contributed by atoms with Gasteiger partial charge in [0.15, 0.2) is 0 Å². The summed E-state index contributed by atoms with van der Waals surface area (Å²) < 4.78 is 11.8. The minimum absolute atomic E-state index is 0.157. The van der Waals surface area contributed by atoms with Gasteiger partial charge in [-0.25, -0.2) is 0 Å². The molecular formula is C19H27NO2S. The van der Waals surface area contributed by atoms with E-state index in [-0.39, 0.29) is 5.60 Å². The van der Waals surface area contributed by atoms with Crippen molar-refractivity contribution in [3.05, 3.63) is 29.3 Å². The lowest BCUT2D eigenvalue weighted by Gasteiger charge is -2.39. The molecule has 23 heavy (non-hydrogen) atoms. The van der Waals surface area contributed by atoms with Gasteiger partial charge in [0.2, 0.25) is 0 Å². The van der Waals surface area contributed by atoms with Crippen LogP contribution in [0.3, 0.4) is 0 Å².